The summed E-state index contributed by atoms with van der Waals surface area (Å²) >= 11 is 0. The Labute approximate surface area is 101 Å². The van der Waals surface area contributed by atoms with E-state index in [1.54, 1.807) is 0 Å². The Morgan fingerprint density at radius 3 is 1.50 bits per heavy atom. The van der Waals surface area contributed by atoms with Crippen molar-refractivity contribution in [1.29, 1.82) is 0 Å². The molecule has 0 aliphatic rings. The van der Waals surface area contributed by atoms with Crippen LogP contribution in [0.15, 0.2) is 0 Å². The Kier molecular flexibility index (Phi) is 10.1. The van der Waals surface area contributed by atoms with Crippen LogP contribution < -0.4 is 16.4 Å². The zero-order chi connectivity index (χ0) is 12.3. The molecule has 3 N–H and O–H groups in total. The second-order valence-electron chi connectivity index (χ2n) is 3.26. The summed E-state index contributed by atoms with van der Waals surface area (Å²) < 4.78 is 0. The first-order valence-electron chi connectivity index (χ1n) is 5.91. The molecule has 0 aromatic carbocycles. The van der Waals surface area contributed by atoms with E-state index >= 15 is 0 Å². The van der Waals surface area contributed by atoms with E-state index < -0.39 is 5.79 Å². The van der Waals surface area contributed by atoms with Gasteiger partial charge < -0.3 is 0 Å². The van der Waals surface area contributed by atoms with E-state index in [1.165, 1.54) is 0 Å². The summed E-state index contributed by atoms with van der Waals surface area (Å²) in [4.78, 5) is 15.7. The lowest BCUT2D eigenvalue weighted by molar-refractivity contribution is -0.179. The van der Waals surface area contributed by atoms with Crippen molar-refractivity contribution in [1.82, 2.24) is 16.4 Å². The van der Waals surface area contributed by atoms with Gasteiger partial charge in [-0.25, -0.2) is 0 Å². The molecule has 0 amide bonds. The first-order chi connectivity index (χ1) is 7.74. The molecule has 0 unspecified atom stereocenters. The maximum absolute atomic E-state index is 5.23. The third-order valence-corrected chi connectivity index (χ3v) is 2.30. The van der Waals surface area contributed by atoms with E-state index in [2.05, 4.69) is 16.4 Å². The van der Waals surface area contributed by atoms with Crippen molar-refractivity contribution in [3.63, 3.8) is 0 Å². The van der Waals surface area contributed by atoms with Crippen LogP contribution in [0.5, 0.6) is 0 Å². The summed E-state index contributed by atoms with van der Waals surface area (Å²) in [6.07, 6.45) is 0.819. The van der Waals surface area contributed by atoms with Crippen molar-refractivity contribution in [2.75, 3.05) is 19.8 Å². The van der Waals surface area contributed by atoms with E-state index in [4.69, 9.17) is 14.5 Å². The topological polar surface area (TPSA) is 63.8 Å². The molecular formula is C9H25N3O3Si. The summed E-state index contributed by atoms with van der Waals surface area (Å²) in [5, 5.41) is 0. The molecule has 0 spiro atoms. The van der Waals surface area contributed by atoms with Gasteiger partial charge in [-0.05, 0) is 27.2 Å². The highest BCUT2D eigenvalue weighted by molar-refractivity contribution is 6.08. The van der Waals surface area contributed by atoms with Crippen molar-refractivity contribution in [3.05, 3.63) is 0 Å². The van der Waals surface area contributed by atoms with Crippen LogP contribution in [0.25, 0.3) is 0 Å². The quantitative estimate of drug-likeness (QED) is 0.260. The van der Waals surface area contributed by atoms with Crippen LogP contribution >= 0.6 is 0 Å². The fraction of sp³-hybridized carbons (Fsp3) is 1.00. The molecule has 6 nitrogen and oxygen atoms in total. The first-order valence-corrected chi connectivity index (χ1v) is 7.32. The number of nitrogens with one attached hydrogen (secondary N) is 3. The molecule has 0 radical (unpaired) electrons. The lowest BCUT2D eigenvalue weighted by Crippen LogP contribution is -2.66. The fourth-order valence-corrected chi connectivity index (χ4v) is 1.93. The summed E-state index contributed by atoms with van der Waals surface area (Å²) in [6, 6.07) is 1.08. The molecular weight excluding hydrogens is 226 g/mol. The summed E-state index contributed by atoms with van der Waals surface area (Å²) in [5.74, 6) is -0.677. The van der Waals surface area contributed by atoms with Crippen LogP contribution in [0.1, 0.15) is 27.2 Å². The molecule has 0 aromatic rings. The first kappa shape index (κ1) is 16.0. The van der Waals surface area contributed by atoms with Gasteiger partial charge in [-0.2, -0.15) is 16.4 Å². The third-order valence-electron chi connectivity index (χ3n) is 1.80. The summed E-state index contributed by atoms with van der Waals surface area (Å²) in [6.45, 7) is 7.47. The predicted molar refractivity (Wildman–Crippen MR) is 66.4 cm³/mol. The summed E-state index contributed by atoms with van der Waals surface area (Å²) in [5.41, 5.74) is 8.71. The highest BCUT2D eigenvalue weighted by Gasteiger charge is 2.29. The van der Waals surface area contributed by atoms with E-state index in [9.17, 15) is 0 Å². The Balaban J connectivity index is 4.32. The largest absolute Gasteiger partial charge is 0.299 e. The zero-order valence-corrected chi connectivity index (χ0v) is 12.8. The number of hydrogen-bond donors (Lipinski definition) is 3. The third kappa shape index (κ3) is 6.54. The molecule has 0 aromatic heterocycles. The average molecular weight is 251 g/mol. The Bertz CT molecular complexity index is 141. The molecule has 0 bridgehead atoms. The molecule has 0 saturated heterocycles. The van der Waals surface area contributed by atoms with Crippen LogP contribution in [0, 0.1) is 0 Å². The van der Waals surface area contributed by atoms with Crippen molar-refractivity contribution >= 4 is 10.2 Å². The molecule has 16 heavy (non-hydrogen) atoms. The van der Waals surface area contributed by atoms with E-state index in [-0.39, 0.29) is 0 Å². The molecule has 98 valence electrons. The highest BCUT2D eigenvalue weighted by atomic mass is 28.1. The van der Waals surface area contributed by atoms with Crippen LogP contribution in [-0.4, -0.2) is 35.8 Å². The number of hydroxylamine groups is 3. The Hall–Kier alpha value is -0.0231. The van der Waals surface area contributed by atoms with Crippen LogP contribution in [0.2, 0.25) is 6.04 Å². The van der Waals surface area contributed by atoms with Gasteiger partial charge in [-0.3, -0.25) is 14.5 Å². The normalized spacial score (nSPS) is 12.2. The SMILES string of the molecule is CCONC(CC[SiH3])(NOCC)NOCC. The molecule has 0 fully saturated rings. The molecule has 7 heteroatoms. The van der Waals surface area contributed by atoms with Gasteiger partial charge >= 0.3 is 0 Å². The Morgan fingerprint density at radius 2 is 1.25 bits per heavy atom. The van der Waals surface area contributed by atoms with Crippen molar-refractivity contribution in [2.24, 2.45) is 0 Å². The van der Waals surface area contributed by atoms with Crippen molar-refractivity contribution < 1.29 is 14.5 Å². The van der Waals surface area contributed by atoms with E-state index in [1.807, 2.05) is 20.8 Å². The van der Waals surface area contributed by atoms with Crippen LogP contribution in [0.4, 0.5) is 0 Å². The van der Waals surface area contributed by atoms with Gasteiger partial charge in [0.05, 0.1) is 19.8 Å². The monoisotopic (exact) mass is 251 g/mol. The van der Waals surface area contributed by atoms with Gasteiger partial charge in [-0.15, -0.1) is 0 Å². The highest BCUT2D eigenvalue weighted by Crippen LogP contribution is 2.06. The standard InChI is InChI=1S/C9H25N3O3Si/c1-4-13-10-9(7-8-16,11-14-5-2)12-15-6-3/h10-12H,4-8H2,1-3,16H3. The molecule has 0 aliphatic heterocycles. The molecule has 0 rings (SSSR count). The fourth-order valence-electron chi connectivity index (χ4n) is 1.18. The van der Waals surface area contributed by atoms with Gasteiger partial charge in [0.15, 0.2) is 5.79 Å². The van der Waals surface area contributed by atoms with Crippen LogP contribution in [-0.2, 0) is 14.5 Å². The lowest BCUT2D eigenvalue weighted by atomic mass is 10.3. The van der Waals surface area contributed by atoms with Gasteiger partial charge in [0.25, 0.3) is 0 Å². The molecule has 0 heterocycles. The smallest absolute Gasteiger partial charge is 0.188 e. The molecule has 0 atom stereocenters. The van der Waals surface area contributed by atoms with Gasteiger partial charge in [0, 0.05) is 10.2 Å². The minimum absolute atomic E-state index is 0.574. The van der Waals surface area contributed by atoms with E-state index in [0.717, 1.165) is 22.7 Å². The van der Waals surface area contributed by atoms with Crippen molar-refractivity contribution in [3.8, 4) is 0 Å². The zero-order valence-electron chi connectivity index (χ0n) is 10.8. The Morgan fingerprint density at radius 1 is 0.875 bits per heavy atom. The summed E-state index contributed by atoms with van der Waals surface area (Å²) in [7, 11) is 1.11. The van der Waals surface area contributed by atoms with Crippen LogP contribution in [0.3, 0.4) is 0 Å². The lowest BCUT2D eigenvalue weighted by Gasteiger charge is -2.34. The van der Waals surface area contributed by atoms with Gasteiger partial charge in [0.1, 0.15) is 0 Å². The molecule has 0 saturated carbocycles. The minimum Gasteiger partial charge on any atom is -0.299 e. The number of hydrogen-bond acceptors (Lipinski definition) is 6. The maximum Gasteiger partial charge on any atom is 0.188 e. The number of rotatable bonds is 11. The maximum atomic E-state index is 5.23. The second-order valence-corrected chi connectivity index (χ2v) is 4.26. The minimum atomic E-state index is -0.677. The van der Waals surface area contributed by atoms with Gasteiger partial charge in [0.2, 0.25) is 0 Å². The van der Waals surface area contributed by atoms with Crippen molar-refractivity contribution in [2.45, 2.75) is 39.0 Å². The second kappa shape index (κ2) is 10.2. The van der Waals surface area contributed by atoms with E-state index in [0.29, 0.717) is 19.8 Å². The molecule has 0 aliphatic carbocycles. The average Bonchev–Trinajstić information content (AvgIpc) is 2.31. The predicted octanol–water partition coefficient (Wildman–Crippen LogP) is -0.563. The van der Waals surface area contributed by atoms with Gasteiger partial charge in [-0.1, -0.05) is 6.04 Å².